The molecule has 1 aliphatic rings. The van der Waals surface area contributed by atoms with E-state index in [2.05, 4.69) is 41.5 Å². The molecule has 0 bridgehead atoms. The minimum absolute atomic E-state index is 0.0257. The van der Waals surface area contributed by atoms with Gasteiger partial charge in [0.1, 0.15) is 17.0 Å². The van der Waals surface area contributed by atoms with Crippen LogP contribution in [0.2, 0.25) is 0 Å². The van der Waals surface area contributed by atoms with Gasteiger partial charge in [-0.05, 0) is 45.7 Å². The van der Waals surface area contributed by atoms with E-state index in [9.17, 15) is 14.9 Å². The Hall–Kier alpha value is -3.36. The number of nitrogens with zero attached hydrogens (tertiary/aromatic N) is 3. The van der Waals surface area contributed by atoms with Crippen LogP contribution < -0.4 is 10.6 Å². The largest absolute Gasteiger partial charge is 0.364 e. The summed E-state index contributed by atoms with van der Waals surface area (Å²) >= 11 is 0. The number of hydrogen-bond donors (Lipinski definition) is 3. The first-order valence-corrected chi connectivity index (χ1v) is 9.16. The van der Waals surface area contributed by atoms with Crippen molar-refractivity contribution in [2.75, 3.05) is 10.6 Å². The Labute approximate surface area is 161 Å². The Balaban J connectivity index is 1.64. The molecule has 0 aliphatic heterocycles. The summed E-state index contributed by atoms with van der Waals surface area (Å²) in [5.41, 5.74) is 2.43. The van der Waals surface area contributed by atoms with E-state index in [1.165, 1.54) is 30.5 Å². The highest BCUT2D eigenvalue weighted by Gasteiger charge is 2.32. The zero-order valence-corrected chi connectivity index (χ0v) is 15.9. The Morgan fingerprint density at radius 3 is 2.54 bits per heavy atom. The second-order valence-corrected chi connectivity index (χ2v) is 8.11. The van der Waals surface area contributed by atoms with E-state index < -0.39 is 4.92 Å². The molecular formula is C19H22N6O3. The van der Waals surface area contributed by atoms with Gasteiger partial charge in [-0.1, -0.05) is 0 Å². The number of fused-ring (bicyclic) bond motifs is 1. The van der Waals surface area contributed by atoms with Crippen molar-refractivity contribution in [2.45, 2.75) is 45.1 Å². The fourth-order valence-corrected chi connectivity index (χ4v) is 3.11. The van der Waals surface area contributed by atoms with Gasteiger partial charge in [-0.3, -0.25) is 14.9 Å². The van der Waals surface area contributed by atoms with Crippen LogP contribution in [-0.2, 0) is 0 Å². The van der Waals surface area contributed by atoms with Crippen molar-refractivity contribution < 1.29 is 9.72 Å². The minimum Gasteiger partial charge on any atom is -0.364 e. The number of non-ortho nitro benzene ring substituents is 1. The summed E-state index contributed by atoms with van der Waals surface area (Å²) in [5, 5.41) is 21.4. The topological polar surface area (TPSA) is 117 Å². The molecule has 4 rings (SSSR count). The van der Waals surface area contributed by atoms with Gasteiger partial charge in [0.2, 0.25) is 0 Å². The fraction of sp³-hybridized carbons (Fsp3) is 0.368. The Bertz CT molecular complexity index is 1050. The lowest BCUT2D eigenvalue weighted by Crippen LogP contribution is -2.27. The maximum absolute atomic E-state index is 12.8. The van der Waals surface area contributed by atoms with Crippen molar-refractivity contribution in [3.8, 4) is 0 Å². The summed E-state index contributed by atoms with van der Waals surface area (Å²) in [5.74, 6) is 1.02. The number of anilines is 2. The van der Waals surface area contributed by atoms with E-state index in [-0.39, 0.29) is 17.1 Å². The van der Waals surface area contributed by atoms with Crippen LogP contribution in [0.5, 0.6) is 0 Å². The number of imidazole rings is 1. The molecule has 3 aromatic rings. The van der Waals surface area contributed by atoms with Crippen molar-refractivity contribution in [3.05, 3.63) is 51.8 Å². The number of carbonyl (C=O) groups excluding carboxylic acids is 1. The van der Waals surface area contributed by atoms with Crippen molar-refractivity contribution in [3.63, 3.8) is 0 Å². The summed E-state index contributed by atoms with van der Waals surface area (Å²) < 4.78 is 1.74. The molecule has 146 valence electrons. The molecule has 2 aromatic heterocycles. The standard InChI is InChI=1S/C19H22N6O3/c1-19(2,3)23-17-15(11-4-5-11)22-16-14(10-20-24(16)17)18(26)21-12-6-8-13(9-7-12)25(27)28/h6-11,22-23H,4-5H2,1-3H3,(H,21,26). The summed E-state index contributed by atoms with van der Waals surface area (Å²) in [6.45, 7) is 6.23. The first-order valence-electron chi connectivity index (χ1n) is 9.16. The van der Waals surface area contributed by atoms with Crippen LogP contribution in [-0.4, -0.2) is 31.0 Å². The predicted molar refractivity (Wildman–Crippen MR) is 106 cm³/mol. The lowest BCUT2D eigenvalue weighted by Gasteiger charge is -2.22. The maximum atomic E-state index is 12.8. The number of amides is 1. The minimum atomic E-state index is -0.477. The summed E-state index contributed by atoms with van der Waals surface area (Å²) in [6, 6.07) is 5.73. The smallest absolute Gasteiger partial charge is 0.269 e. The van der Waals surface area contributed by atoms with Gasteiger partial charge in [0.25, 0.3) is 11.6 Å². The highest BCUT2D eigenvalue weighted by molar-refractivity contribution is 6.08. The van der Waals surface area contributed by atoms with Crippen LogP contribution in [0.3, 0.4) is 0 Å². The second kappa shape index (κ2) is 6.36. The number of nitro benzene ring substituents is 1. The van der Waals surface area contributed by atoms with Crippen LogP contribution in [0.1, 0.15) is 55.6 Å². The average molecular weight is 382 g/mol. The Kier molecular flexibility index (Phi) is 4.10. The molecule has 0 unspecified atom stereocenters. The van der Waals surface area contributed by atoms with Crippen molar-refractivity contribution in [1.29, 1.82) is 0 Å². The van der Waals surface area contributed by atoms with Gasteiger partial charge < -0.3 is 15.6 Å². The molecule has 0 spiro atoms. The van der Waals surface area contributed by atoms with E-state index in [0.29, 0.717) is 22.8 Å². The van der Waals surface area contributed by atoms with Gasteiger partial charge in [-0.15, -0.1) is 0 Å². The first-order chi connectivity index (χ1) is 13.2. The van der Waals surface area contributed by atoms with Crippen molar-refractivity contribution >= 4 is 28.7 Å². The zero-order valence-electron chi connectivity index (χ0n) is 15.9. The van der Waals surface area contributed by atoms with E-state index in [4.69, 9.17) is 0 Å². The molecule has 28 heavy (non-hydrogen) atoms. The fourth-order valence-electron chi connectivity index (χ4n) is 3.11. The number of hydrogen-bond acceptors (Lipinski definition) is 5. The third kappa shape index (κ3) is 3.42. The van der Waals surface area contributed by atoms with E-state index >= 15 is 0 Å². The normalized spacial score (nSPS) is 14.2. The zero-order chi connectivity index (χ0) is 20.1. The molecule has 2 heterocycles. The highest BCUT2D eigenvalue weighted by Crippen LogP contribution is 2.44. The Morgan fingerprint density at radius 2 is 1.96 bits per heavy atom. The van der Waals surface area contributed by atoms with Gasteiger partial charge in [0.15, 0.2) is 0 Å². The van der Waals surface area contributed by atoms with Crippen LogP contribution in [0.15, 0.2) is 30.5 Å². The van der Waals surface area contributed by atoms with Gasteiger partial charge in [-0.25, -0.2) is 0 Å². The first kappa shape index (κ1) is 18.0. The molecule has 1 fully saturated rings. The number of benzene rings is 1. The van der Waals surface area contributed by atoms with Gasteiger partial charge in [0.05, 0.1) is 16.8 Å². The lowest BCUT2D eigenvalue weighted by molar-refractivity contribution is -0.384. The molecule has 0 saturated heterocycles. The predicted octanol–water partition coefficient (Wildman–Crippen LogP) is 3.91. The number of rotatable bonds is 5. The quantitative estimate of drug-likeness (QED) is 0.457. The molecule has 1 aromatic carbocycles. The van der Waals surface area contributed by atoms with Crippen LogP contribution in [0.25, 0.3) is 5.65 Å². The van der Waals surface area contributed by atoms with E-state index in [1.807, 2.05) is 0 Å². The number of aromatic amines is 1. The molecule has 3 N–H and O–H groups in total. The SMILES string of the molecule is CC(C)(C)Nc1c(C2CC2)[nH]c2c(C(=O)Nc3ccc([N+](=O)[O-])cc3)cnn12. The van der Waals surface area contributed by atoms with Crippen molar-refractivity contribution in [1.82, 2.24) is 14.6 Å². The maximum Gasteiger partial charge on any atom is 0.269 e. The highest BCUT2D eigenvalue weighted by atomic mass is 16.6. The molecule has 1 aliphatic carbocycles. The monoisotopic (exact) mass is 382 g/mol. The third-order valence-corrected chi connectivity index (χ3v) is 4.55. The van der Waals surface area contributed by atoms with E-state index in [1.54, 1.807) is 4.52 Å². The third-order valence-electron chi connectivity index (χ3n) is 4.55. The van der Waals surface area contributed by atoms with Gasteiger partial charge in [-0.2, -0.15) is 9.61 Å². The average Bonchev–Trinajstić information content (AvgIpc) is 3.28. The number of nitro groups is 1. The summed E-state index contributed by atoms with van der Waals surface area (Å²) in [6.07, 6.45) is 3.76. The van der Waals surface area contributed by atoms with Gasteiger partial charge in [0, 0.05) is 29.3 Å². The molecule has 0 radical (unpaired) electrons. The van der Waals surface area contributed by atoms with Crippen LogP contribution in [0.4, 0.5) is 17.2 Å². The second-order valence-electron chi connectivity index (χ2n) is 8.11. The van der Waals surface area contributed by atoms with Crippen LogP contribution >= 0.6 is 0 Å². The Morgan fingerprint density at radius 1 is 1.29 bits per heavy atom. The van der Waals surface area contributed by atoms with E-state index in [0.717, 1.165) is 24.4 Å². The molecule has 1 amide bonds. The number of aromatic nitrogens is 3. The molecule has 9 nitrogen and oxygen atoms in total. The number of nitrogens with one attached hydrogen (secondary N) is 3. The van der Waals surface area contributed by atoms with Gasteiger partial charge >= 0.3 is 0 Å². The molecule has 0 atom stereocenters. The van der Waals surface area contributed by atoms with Crippen LogP contribution in [0, 0.1) is 10.1 Å². The summed E-state index contributed by atoms with van der Waals surface area (Å²) in [7, 11) is 0. The molecule has 1 saturated carbocycles. The number of carbonyl (C=O) groups is 1. The lowest BCUT2D eigenvalue weighted by atomic mass is 10.1. The van der Waals surface area contributed by atoms with Crippen molar-refractivity contribution in [2.24, 2.45) is 0 Å². The molecule has 9 heteroatoms. The molecular weight excluding hydrogens is 360 g/mol. The summed E-state index contributed by atoms with van der Waals surface area (Å²) in [4.78, 5) is 26.4. The number of H-pyrrole nitrogens is 1.